The number of hydrogen-bond donors (Lipinski definition) is 2. The van der Waals surface area contributed by atoms with Gasteiger partial charge in [0.15, 0.2) is 0 Å². The molecule has 1 saturated heterocycles. The van der Waals surface area contributed by atoms with Gasteiger partial charge in [-0.2, -0.15) is 0 Å². The third kappa shape index (κ3) is 8.76. The monoisotopic (exact) mass is 488 g/mol. The fraction of sp³-hybridized carbons (Fsp3) is 0.607. The molecule has 2 fully saturated rings. The Morgan fingerprint density at radius 1 is 1.11 bits per heavy atom. The van der Waals surface area contributed by atoms with Crippen LogP contribution in [0, 0.1) is 11.8 Å². The highest BCUT2D eigenvalue weighted by molar-refractivity contribution is 5.69. The summed E-state index contributed by atoms with van der Waals surface area (Å²) in [6.45, 7) is 3.70. The van der Waals surface area contributed by atoms with Gasteiger partial charge in [-0.05, 0) is 49.8 Å². The van der Waals surface area contributed by atoms with Crippen LogP contribution in [0.15, 0.2) is 54.6 Å². The van der Waals surface area contributed by atoms with Gasteiger partial charge in [0, 0.05) is 18.8 Å². The molecular formula is C28H40O7. The van der Waals surface area contributed by atoms with Crippen molar-refractivity contribution in [3.8, 4) is 5.75 Å². The van der Waals surface area contributed by atoms with E-state index in [1.165, 1.54) is 0 Å². The number of ether oxygens (including phenoxy) is 4. The molecule has 0 unspecified atom stereocenters. The van der Waals surface area contributed by atoms with E-state index in [1.807, 2.05) is 54.6 Å². The van der Waals surface area contributed by atoms with Gasteiger partial charge in [0.05, 0.1) is 32.0 Å². The SMILES string of the molecule is CCCCOC(=O)CCC/C=C\C[C@@H]1[C@@H](/C=C/C2(COc3ccccc3)OCCO2)[C@H](O)C[C@@H]1O. The summed E-state index contributed by atoms with van der Waals surface area (Å²) in [5.41, 5.74) is 0. The van der Waals surface area contributed by atoms with Crippen LogP contribution in [0.1, 0.15) is 51.9 Å². The second kappa shape index (κ2) is 14.4. The first-order chi connectivity index (χ1) is 17.0. The minimum Gasteiger partial charge on any atom is -0.488 e. The van der Waals surface area contributed by atoms with Crippen molar-refractivity contribution in [2.24, 2.45) is 11.8 Å². The Labute approximate surface area is 208 Å². The van der Waals surface area contributed by atoms with Crippen LogP contribution < -0.4 is 4.74 Å². The molecule has 2 aliphatic rings. The van der Waals surface area contributed by atoms with Crippen molar-refractivity contribution in [3.05, 3.63) is 54.6 Å². The van der Waals surface area contributed by atoms with Crippen LogP contribution in [0.2, 0.25) is 0 Å². The second-order valence-electron chi connectivity index (χ2n) is 9.25. The number of allylic oxidation sites excluding steroid dienone is 2. The highest BCUT2D eigenvalue weighted by Crippen LogP contribution is 2.37. The van der Waals surface area contributed by atoms with Crippen molar-refractivity contribution in [1.82, 2.24) is 0 Å². The zero-order valence-electron chi connectivity index (χ0n) is 20.7. The zero-order valence-corrected chi connectivity index (χ0v) is 20.7. The van der Waals surface area contributed by atoms with Gasteiger partial charge in [-0.1, -0.05) is 49.8 Å². The van der Waals surface area contributed by atoms with Gasteiger partial charge in [-0.3, -0.25) is 4.79 Å². The second-order valence-corrected chi connectivity index (χ2v) is 9.25. The van der Waals surface area contributed by atoms with Crippen molar-refractivity contribution in [2.75, 3.05) is 26.4 Å². The van der Waals surface area contributed by atoms with Gasteiger partial charge < -0.3 is 29.2 Å². The number of benzene rings is 1. The fourth-order valence-electron chi connectivity index (χ4n) is 4.50. The molecule has 4 atom stereocenters. The minimum absolute atomic E-state index is 0.106. The average molecular weight is 489 g/mol. The molecule has 0 bridgehead atoms. The van der Waals surface area contributed by atoms with Crippen molar-refractivity contribution in [2.45, 2.75) is 69.9 Å². The molecule has 1 aliphatic heterocycles. The number of unbranched alkanes of at least 4 members (excludes halogenated alkanes) is 2. The molecule has 194 valence electrons. The summed E-state index contributed by atoms with van der Waals surface area (Å²) in [6, 6.07) is 9.49. The summed E-state index contributed by atoms with van der Waals surface area (Å²) in [7, 11) is 0. The summed E-state index contributed by atoms with van der Waals surface area (Å²) < 4.78 is 22.8. The predicted octanol–water partition coefficient (Wildman–Crippen LogP) is 4.18. The molecule has 35 heavy (non-hydrogen) atoms. The number of carbonyl (C=O) groups is 1. The molecule has 0 amide bonds. The third-order valence-corrected chi connectivity index (χ3v) is 6.54. The summed E-state index contributed by atoms with van der Waals surface area (Å²) in [6.07, 6.45) is 11.4. The van der Waals surface area contributed by atoms with Crippen molar-refractivity contribution in [1.29, 1.82) is 0 Å². The van der Waals surface area contributed by atoms with E-state index < -0.39 is 18.0 Å². The van der Waals surface area contributed by atoms with Crippen molar-refractivity contribution < 1.29 is 34.0 Å². The molecular weight excluding hydrogens is 448 g/mol. The first-order valence-corrected chi connectivity index (χ1v) is 12.8. The largest absolute Gasteiger partial charge is 0.488 e. The number of para-hydroxylation sites is 1. The van der Waals surface area contributed by atoms with E-state index in [9.17, 15) is 15.0 Å². The summed E-state index contributed by atoms with van der Waals surface area (Å²) >= 11 is 0. The van der Waals surface area contributed by atoms with Crippen LogP contribution in [0.4, 0.5) is 0 Å². The maximum Gasteiger partial charge on any atom is 0.305 e. The molecule has 3 rings (SSSR count). The van der Waals surface area contributed by atoms with E-state index in [4.69, 9.17) is 18.9 Å². The molecule has 7 heteroatoms. The van der Waals surface area contributed by atoms with E-state index in [0.29, 0.717) is 39.1 Å². The van der Waals surface area contributed by atoms with Crippen LogP contribution in [0.3, 0.4) is 0 Å². The predicted molar refractivity (Wildman–Crippen MR) is 133 cm³/mol. The highest BCUT2D eigenvalue weighted by atomic mass is 16.8. The number of carbonyl (C=O) groups excluding carboxylic acids is 1. The Balaban J connectivity index is 1.49. The van der Waals surface area contributed by atoms with Gasteiger partial charge in [0.2, 0.25) is 5.79 Å². The number of esters is 1. The van der Waals surface area contributed by atoms with Gasteiger partial charge in [-0.15, -0.1) is 0 Å². The first-order valence-electron chi connectivity index (χ1n) is 12.8. The Morgan fingerprint density at radius 2 is 1.89 bits per heavy atom. The average Bonchev–Trinajstić information content (AvgIpc) is 3.43. The summed E-state index contributed by atoms with van der Waals surface area (Å²) in [5.74, 6) is -0.745. The molecule has 1 aliphatic carbocycles. The lowest BCUT2D eigenvalue weighted by molar-refractivity contribution is -0.143. The van der Waals surface area contributed by atoms with Crippen LogP contribution in [-0.2, 0) is 19.0 Å². The van der Waals surface area contributed by atoms with Crippen LogP contribution >= 0.6 is 0 Å². The maximum atomic E-state index is 11.7. The smallest absolute Gasteiger partial charge is 0.305 e. The van der Waals surface area contributed by atoms with E-state index in [1.54, 1.807) is 0 Å². The number of aliphatic hydroxyl groups excluding tert-OH is 2. The molecule has 7 nitrogen and oxygen atoms in total. The number of aliphatic hydroxyl groups is 2. The topological polar surface area (TPSA) is 94.5 Å². The standard InChI is InChI=1S/C28H40O7/c1-2-3-17-32-27(31)14-10-5-4-9-13-23-24(26(30)20-25(23)29)15-16-28(34-18-19-35-28)21-33-22-11-7-6-8-12-22/h4,6-9,11-12,15-16,23-26,29-30H,2-3,5,10,13-14,17-21H2,1H3/b9-4-,16-15+/t23-,24-,25+,26-/m1/s1. The number of rotatable bonds is 14. The molecule has 1 saturated carbocycles. The summed E-state index contributed by atoms with van der Waals surface area (Å²) in [5, 5.41) is 21.1. The minimum atomic E-state index is -1.00. The van der Waals surface area contributed by atoms with E-state index in [-0.39, 0.29) is 24.4 Å². The Bertz CT molecular complexity index is 801. The Kier molecular flexibility index (Phi) is 11.3. The van der Waals surface area contributed by atoms with Gasteiger partial charge in [-0.25, -0.2) is 0 Å². The quantitative estimate of drug-likeness (QED) is 0.230. The molecule has 1 heterocycles. The van der Waals surface area contributed by atoms with E-state index in [0.717, 1.165) is 31.4 Å². The normalized spacial score (nSPS) is 26.0. The highest BCUT2D eigenvalue weighted by Gasteiger charge is 2.41. The van der Waals surface area contributed by atoms with Crippen molar-refractivity contribution >= 4 is 5.97 Å². The lowest BCUT2D eigenvalue weighted by Crippen LogP contribution is -2.35. The Morgan fingerprint density at radius 3 is 2.63 bits per heavy atom. The third-order valence-electron chi connectivity index (χ3n) is 6.54. The van der Waals surface area contributed by atoms with E-state index in [2.05, 4.69) is 6.92 Å². The molecule has 1 aromatic rings. The van der Waals surface area contributed by atoms with E-state index >= 15 is 0 Å². The molecule has 2 N–H and O–H groups in total. The van der Waals surface area contributed by atoms with Gasteiger partial charge in [0.1, 0.15) is 12.4 Å². The number of hydrogen-bond acceptors (Lipinski definition) is 7. The molecule has 0 radical (unpaired) electrons. The van der Waals surface area contributed by atoms with Gasteiger partial charge >= 0.3 is 5.97 Å². The lowest BCUT2D eigenvalue weighted by Gasteiger charge is -2.26. The lowest BCUT2D eigenvalue weighted by atomic mass is 9.89. The maximum absolute atomic E-state index is 11.7. The molecule has 0 aromatic heterocycles. The van der Waals surface area contributed by atoms with Crippen LogP contribution in [-0.4, -0.2) is 60.6 Å². The summed E-state index contributed by atoms with van der Waals surface area (Å²) in [4.78, 5) is 11.7. The van der Waals surface area contributed by atoms with Crippen LogP contribution in [0.5, 0.6) is 5.75 Å². The van der Waals surface area contributed by atoms with Crippen LogP contribution in [0.25, 0.3) is 0 Å². The first kappa shape index (κ1) is 27.4. The fourth-order valence-corrected chi connectivity index (χ4v) is 4.50. The Hall–Kier alpha value is -2.19. The zero-order chi connectivity index (χ0) is 24.9. The van der Waals surface area contributed by atoms with Gasteiger partial charge in [0.25, 0.3) is 0 Å². The molecule has 0 spiro atoms. The molecule has 1 aromatic carbocycles. The van der Waals surface area contributed by atoms with Crippen molar-refractivity contribution in [3.63, 3.8) is 0 Å².